The number of aliphatic hydroxyl groups is 2. The minimum Gasteiger partial charge on any atom is -0.453 e. The molecule has 8 aromatic carbocycles. The quantitative estimate of drug-likeness (QED) is 0.0393. The van der Waals surface area contributed by atoms with Crippen molar-refractivity contribution in [3.63, 3.8) is 0 Å². The third-order valence-corrected chi connectivity index (χ3v) is 23.8. The van der Waals surface area contributed by atoms with Crippen molar-refractivity contribution >= 4 is 86.5 Å². The lowest BCUT2D eigenvalue weighted by Gasteiger charge is -2.55. The summed E-state index contributed by atoms with van der Waals surface area (Å²) >= 11 is 0. The second-order valence-electron chi connectivity index (χ2n) is 31.9. The van der Waals surface area contributed by atoms with Crippen LogP contribution in [0.15, 0.2) is 97.1 Å². The van der Waals surface area contributed by atoms with Crippen LogP contribution in [-0.4, -0.2) is 67.4 Å². The number of hydrogen-bond donors (Lipinski definition) is 8. The Kier molecular flexibility index (Phi) is 19.7. The molecule has 6 aliphatic rings. The Balaban J connectivity index is 1.05. The van der Waals surface area contributed by atoms with Gasteiger partial charge in [-0.2, -0.15) is 0 Å². The number of ether oxygens (including phenoxy) is 8. The highest BCUT2D eigenvalue weighted by Crippen LogP contribution is 2.63. The molecule has 1 saturated carbocycles. The molecule has 0 spiro atoms. The second kappa shape index (κ2) is 29.5. The Bertz CT molecular complexity index is 5610. The molecule has 6 heterocycles. The molecule has 115 heavy (non-hydrogen) atoms. The maximum Gasteiger partial charge on any atom is 0.238 e. The van der Waals surface area contributed by atoms with Crippen LogP contribution in [0.3, 0.4) is 0 Å². The Morgan fingerprint density at radius 2 is 0.583 bits per heavy atom. The van der Waals surface area contributed by atoms with Gasteiger partial charge in [0.1, 0.15) is 51.8 Å². The van der Waals surface area contributed by atoms with Gasteiger partial charge in [-0.25, -0.2) is 4.98 Å². The molecule has 25 heteroatoms. The van der Waals surface area contributed by atoms with Gasteiger partial charge in [-0.15, -0.1) is 0 Å². The Morgan fingerprint density at radius 1 is 0.348 bits per heavy atom. The number of aromatic nitrogens is 2. The zero-order valence-electron chi connectivity index (χ0n) is 66.7. The molecule has 1 fully saturated rings. The highest BCUT2D eigenvalue weighted by molar-refractivity contribution is 6.04. The van der Waals surface area contributed by atoms with Gasteiger partial charge in [0.2, 0.25) is 41.4 Å². The molecule has 596 valence electrons. The number of benzene rings is 8. The summed E-state index contributed by atoms with van der Waals surface area (Å²) < 4.78 is 61.4. The first-order valence-electron chi connectivity index (χ1n) is 40.1. The number of nitrogens with one attached hydrogen (secondary N) is 6. The normalized spacial score (nSPS) is 20.5. The molecule has 15 rings (SSSR count). The van der Waals surface area contributed by atoms with Gasteiger partial charge < -0.3 is 80.0 Å². The number of fused-ring (bicyclic) bond motifs is 18. The molecule has 0 radical (unpaired) electrons. The van der Waals surface area contributed by atoms with Crippen molar-refractivity contribution in [1.82, 2.24) is 9.55 Å². The minimum atomic E-state index is -1.71. The lowest BCUT2D eigenvalue weighted by atomic mass is 9.52. The Morgan fingerprint density at radius 3 is 0.817 bits per heavy atom. The second-order valence-corrected chi connectivity index (χ2v) is 31.9. The molecule has 25 nitrogen and oxygen atoms in total. The van der Waals surface area contributed by atoms with Crippen LogP contribution in [0.4, 0.5) is 34.1 Å². The smallest absolute Gasteiger partial charge is 0.238 e. The zero-order chi connectivity index (χ0) is 81.2. The van der Waals surface area contributed by atoms with E-state index >= 15 is 4.79 Å². The standard InChI is InChI=1S/C90H94N8O17/c1-14-43-47-24-49-44(15-2)51-26-53-46(17-4)54-27-52-45(16-3)50-25-48(43)64-37-66(50)111-75-32-59(95-83(103)22-9)60(96-84(104)23-10)33-76(75)113-68(52)39-70(54)115-78-35-62-61(97-85-88(11)40-89(12,86(105)98(62)85)42-90(13,41-88)87(106)107)34-77(78)114-69(53)38-67(51)112-74-31-58(94-82(102)21-8)57(93-81(101)20-7)30-73(74)110-65(49)36-63(47)108-71-28-55(91-79(99)18-5)56(29-72(71)109-64)92-80(100)19-6/h24-39,43-46,87,106-107H,14-23,40-42H2,1-13H3,(H,91,99)(H,92,100)(H,93,101)(H,94,102)(H,95,103)(H,96,104). The first-order valence-corrected chi connectivity index (χ1v) is 40.1. The molecule has 0 saturated heterocycles. The molecule has 2 bridgehead atoms. The predicted octanol–water partition coefficient (Wildman–Crippen LogP) is 20.6. The summed E-state index contributed by atoms with van der Waals surface area (Å²) in [5.41, 5.74) is 4.83. The maximum absolute atomic E-state index is 15.6. The van der Waals surface area contributed by atoms with Crippen LogP contribution < -0.4 is 69.8 Å². The van der Waals surface area contributed by atoms with E-state index in [1.807, 2.05) is 38.1 Å². The number of imidazole rings is 1. The van der Waals surface area contributed by atoms with E-state index in [9.17, 15) is 39.0 Å². The fourth-order valence-corrected chi connectivity index (χ4v) is 18.3. The number of carbonyl (C=O) groups excluding carboxylic acids is 7. The number of carbonyl (C=O) groups is 7. The Labute approximate surface area is 665 Å². The molecule has 5 aliphatic heterocycles. The number of aliphatic hydroxyl groups excluding tert-OH is 1. The van der Waals surface area contributed by atoms with Crippen molar-refractivity contribution < 1.29 is 81.7 Å². The summed E-state index contributed by atoms with van der Waals surface area (Å²) in [5, 5.41) is 40.0. The number of amides is 6. The van der Waals surface area contributed by atoms with E-state index in [4.69, 9.17) is 42.9 Å². The van der Waals surface area contributed by atoms with Crippen LogP contribution in [0.5, 0.6) is 92.0 Å². The fourth-order valence-electron chi connectivity index (χ4n) is 18.3. The summed E-state index contributed by atoms with van der Waals surface area (Å²) in [6, 6.07) is 29.1. The van der Waals surface area contributed by atoms with Gasteiger partial charge in [-0.1, -0.05) is 90.0 Å². The first kappa shape index (κ1) is 77.0. The number of nitrogens with zero attached hydrogens (tertiary/aromatic N) is 2. The van der Waals surface area contributed by atoms with Gasteiger partial charge in [0, 0.05) is 196 Å². The van der Waals surface area contributed by atoms with E-state index in [1.54, 1.807) is 102 Å². The third-order valence-electron chi connectivity index (χ3n) is 23.8. The van der Waals surface area contributed by atoms with Crippen LogP contribution in [0.25, 0.3) is 11.0 Å². The molecule has 1 aliphatic carbocycles. The van der Waals surface area contributed by atoms with Crippen LogP contribution in [0, 0.1) is 10.8 Å². The van der Waals surface area contributed by atoms with Gasteiger partial charge in [-0.05, 0) is 69.2 Å². The average Bonchev–Trinajstić information content (AvgIpc) is 1.60. The summed E-state index contributed by atoms with van der Waals surface area (Å²) in [5.74, 6) is -0.519. The molecular formula is C90H94N8O17. The molecular weight excluding hydrogens is 1470 g/mol. The van der Waals surface area contributed by atoms with Crippen LogP contribution in [0.1, 0.15) is 252 Å². The van der Waals surface area contributed by atoms with Gasteiger partial charge in [-0.3, -0.25) is 38.1 Å². The van der Waals surface area contributed by atoms with Gasteiger partial charge in [0.05, 0.1) is 45.2 Å². The third kappa shape index (κ3) is 13.4. The summed E-state index contributed by atoms with van der Waals surface area (Å²) in [6.07, 6.45) is 1.53. The monoisotopic (exact) mass is 1560 g/mol. The van der Waals surface area contributed by atoms with Crippen molar-refractivity contribution in [2.45, 2.75) is 209 Å². The molecule has 8 N–H and O–H groups in total. The largest absolute Gasteiger partial charge is 0.453 e. The predicted molar refractivity (Wildman–Crippen MR) is 434 cm³/mol. The lowest BCUT2D eigenvalue weighted by Crippen LogP contribution is -2.57. The van der Waals surface area contributed by atoms with Gasteiger partial charge >= 0.3 is 0 Å². The fraction of sp³-hybridized carbons (Fsp3) is 0.378. The van der Waals surface area contributed by atoms with Crippen molar-refractivity contribution in [3.05, 3.63) is 147 Å². The summed E-state index contributed by atoms with van der Waals surface area (Å²) in [6.45, 7) is 24.4. The minimum absolute atomic E-state index is 0.0975. The van der Waals surface area contributed by atoms with E-state index in [1.165, 1.54) is 0 Å². The molecule has 9 aromatic rings. The van der Waals surface area contributed by atoms with Crippen molar-refractivity contribution in [3.8, 4) is 92.0 Å². The van der Waals surface area contributed by atoms with E-state index in [-0.39, 0.29) is 166 Å². The van der Waals surface area contributed by atoms with E-state index in [0.717, 1.165) is 0 Å². The number of rotatable bonds is 17. The molecule has 7 unspecified atom stereocenters. The summed E-state index contributed by atoms with van der Waals surface area (Å²) in [4.78, 5) is 103. The number of anilines is 6. The lowest BCUT2D eigenvalue weighted by molar-refractivity contribution is -0.166. The SMILES string of the molecule is CCC(=O)Nc1cc2c(cc1NC(=O)CC)Oc1cc3c4cc1C(CC)c1cc5c(cc1O2)Oc1cc(NC(=O)CC)c(NC(=O)CC)cc1Oc1cc2c(cc1C5CC)C(CC)c1cc(c(cc1Oc1cc5c(cc1O2)nc1n5C(=O)C2(C)CC1(C)CC(C)(C(O)O)C2)Oc1cc(NC(=O)CC)c(NC(=O)CC)cc1O3)C4CC. The van der Waals surface area contributed by atoms with Crippen LogP contribution in [-0.2, 0) is 34.2 Å². The number of hydrogen-bond acceptors (Lipinski definition) is 18. The van der Waals surface area contributed by atoms with E-state index < -0.39 is 46.2 Å². The Hall–Kier alpha value is -12.0. The maximum atomic E-state index is 15.6. The van der Waals surface area contributed by atoms with Gasteiger partial charge in [0.15, 0.2) is 52.3 Å². The van der Waals surface area contributed by atoms with Gasteiger partial charge in [0.25, 0.3) is 0 Å². The van der Waals surface area contributed by atoms with Crippen molar-refractivity contribution in [2.75, 3.05) is 31.9 Å². The van der Waals surface area contributed by atoms with E-state index in [2.05, 4.69) is 83.9 Å². The van der Waals surface area contributed by atoms with Crippen LogP contribution in [0.2, 0.25) is 0 Å². The zero-order valence-corrected chi connectivity index (χ0v) is 66.7. The molecule has 6 amide bonds. The molecule has 1 aromatic heterocycles. The topological polar surface area (TPSA) is 324 Å². The van der Waals surface area contributed by atoms with Crippen molar-refractivity contribution in [1.29, 1.82) is 0 Å². The highest BCUT2D eigenvalue weighted by Gasteiger charge is 2.60. The average molecular weight is 1560 g/mol. The van der Waals surface area contributed by atoms with Crippen molar-refractivity contribution in [2.24, 2.45) is 10.8 Å². The van der Waals surface area contributed by atoms with E-state index in [0.29, 0.717) is 146 Å². The first-order chi connectivity index (χ1) is 55.1. The van der Waals surface area contributed by atoms with Crippen LogP contribution >= 0.6 is 0 Å². The highest BCUT2D eigenvalue weighted by atomic mass is 16.5. The summed E-state index contributed by atoms with van der Waals surface area (Å²) in [7, 11) is 0. The molecule has 7 atom stereocenters.